The Bertz CT molecular complexity index is 187. The average molecular weight is 225 g/mol. The summed E-state index contributed by atoms with van der Waals surface area (Å²) in [6, 6.07) is 0. The van der Waals surface area contributed by atoms with Crippen molar-refractivity contribution >= 4 is 0 Å². The second kappa shape index (κ2) is 12.3. The highest BCUT2D eigenvalue weighted by Gasteiger charge is 1.92. The first kappa shape index (κ1) is 15.2. The van der Waals surface area contributed by atoms with Crippen LogP contribution in [0.25, 0.3) is 0 Å². The Morgan fingerprint density at radius 3 is 2.69 bits per heavy atom. The molecule has 0 bridgehead atoms. The Labute approximate surface area is 101 Å². The van der Waals surface area contributed by atoms with Crippen molar-refractivity contribution in [2.24, 2.45) is 5.73 Å². The molecule has 0 aromatic rings. The van der Waals surface area contributed by atoms with Gasteiger partial charge in [0.15, 0.2) is 0 Å². The summed E-state index contributed by atoms with van der Waals surface area (Å²) in [6.07, 6.45) is 12.6. The van der Waals surface area contributed by atoms with Crippen LogP contribution in [0.4, 0.5) is 0 Å². The zero-order chi connectivity index (χ0) is 12.1. The summed E-state index contributed by atoms with van der Waals surface area (Å²) in [5, 5.41) is 0. The van der Waals surface area contributed by atoms with Gasteiger partial charge in [-0.25, -0.2) is 0 Å². The van der Waals surface area contributed by atoms with Gasteiger partial charge in [-0.2, -0.15) is 0 Å². The van der Waals surface area contributed by atoms with Crippen LogP contribution in [0.3, 0.4) is 0 Å². The summed E-state index contributed by atoms with van der Waals surface area (Å²) in [7, 11) is 0. The number of rotatable bonds is 11. The third-order valence-corrected chi connectivity index (χ3v) is 2.43. The summed E-state index contributed by atoms with van der Waals surface area (Å²) < 4.78 is 5.43. The standard InChI is InChI=1S/C14H27NO/c1-3-4-5-6-7-8-9-13-16-14(2)11-10-12-15/h8-9H,2-7,10-13,15H2,1H3/b9-8-. The summed E-state index contributed by atoms with van der Waals surface area (Å²) >= 11 is 0. The molecule has 0 atom stereocenters. The van der Waals surface area contributed by atoms with E-state index in [1.165, 1.54) is 32.1 Å². The maximum absolute atomic E-state index is 5.43. The van der Waals surface area contributed by atoms with Crippen LogP contribution in [0.1, 0.15) is 51.9 Å². The van der Waals surface area contributed by atoms with Crippen LogP contribution in [-0.2, 0) is 4.74 Å². The Hall–Kier alpha value is -0.760. The van der Waals surface area contributed by atoms with E-state index in [1.807, 2.05) is 0 Å². The fourth-order valence-corrected chi connectivity index (χ4v) is 1.41. The predicted octanol–water partition coefficient (Wildman–Crippen LogP) is 3.78. The number of unbranched alkanes of at least 4 members (excludes halogenated alkanes) is 4. The van der Waals surface area contributed by atoms with Gasteiger partial charge in [0, 0.05) is 6.42 Å². The number of nitrogens with two attached hydrogens (primary N) is 1. The zero-order valence-corrected chi connectivity index (χ0v) is 10.7. The van der Waals surface area contributed by atoms with Gasteiger partial charge in [0.2, 0.25) is 0 Å². The molecule has 0 aliphatic heterocycles. The first-order valence-corrected chi connectivity index (χ1v) is 6.47. The second-order valence-corrected chi connectivity index (χ2v) is 4.06. The molecule has 0 saturated heterocycles. The maximum atomic E-state index is 5.43. The SMILES string of the molecule is C=C(CCCN)OC/C=C\CCCCCC. The molecule has 2 N–H and O–H groups in total. The van der Waals surface area contributed by atoms with Crippen molar-refractivity contribution in [2.45, 2.75) is 51.9 Å². The molecule has 0 aliphatic carbocycles. The number of ether oxygens (including phenoxy) is 1. The van der Waals surface area contributed by atoms with Crippen molar-refractivity contribution in [3.63, 3.8) is 0 Å². The summed E-state index contributed by atoms with van der Waals surface area (Å²) in [5.74, 6) is 0.848. The third-order valence-electron chi connectivity index (χ3n) is 2.43. The first-order valence-electron chi connectivity index (χ1n) is 6.47. The van der Waals surface area contributed by atoms with Gasteiger partial charge in [-0.05, 0) is 25.8 Å². The predicted molar refractivity (Wildman–Crippen MR) is 71.3 cm³/mol. The topological polar surface area (TPSA) is 35.2 Å². The summed E-state index contributed by atoms with van der Waals surface area (Å²) in [5.41, 5.74) is 5.40. The van der Waals surface area contributed by atoms with Crippen molar-refractivity contribution in [1.29, 1.82) is 0 Å². The fourth-order valence-electron chi connectivity index (χ4n) is 1.41. The van der Waals surface area contributed by atoms with Gasteiger partial charge < -0.3 is 10.5 Å². The quantitative estimate of drug-likeness (QED) is 0.330. The molecule has 0 heterocycles. The van der Waals surface area contributed by atoms with Gasteiger partial charge in [-0.15, -0.1) is 0 Å². The van der Waals surface area contributed by atoms with E-state index in [2.05, 4.69) is 25.7 Å². The maximum Gasteiger partial charge on any atom is 0.106 e. The van der Waals surface area contributed by atoms with Crippen molar-refractivity contribution in [3.05, 3.63) is 24.5 Å². The van der Waals surface area contributed by atoms with E-state index in [0.29, 0.717) is 13.2 Å². The molecule has 0 aromatic heterocycles. The lowest BCUT2D eigenvalue weighted by Crippen LogP contribution is -2.00. The molecule has 16 heavy (non-hydrogen) atoms. The minimum atomic E-state index is 0.650. The largest absolute Gasteiger partial charge is 0.495 e. The lowest BCUT2D eigenvalue weighted by atomic mass is 10.1. The Balaban J connectivity index is 3.23. The number of hydrogen-bond acceptors (Lipinski definition) is 2. The molecule has 0 unspecified atom stereocenters. The van der Waals surface area contributed by atoms with E-state index in [4.69, 9.17) is 10.5 Å². The normalized spacial score (nSPS) is 10.9. The Morgan fingerprint density at radius 2 is 2.00 bits per heavy atom. The van der Waals surface area contributed by atoms with Gasteiger partial charge in [0.05, 0.1) is 5.76 Å². The highest BCUT2D eigenvalue weighted by Crippen LogP contribution is 2.04. The molecule has 94 valence electrons. The lowest BCUT2D eigenvalue weighted by Gasteiger charge is -2.05. The lowest BCUT2D eigenvalue weighted by molar-refractivity contribution is 0.236. The molecular formula is C14H27NO. The third kappa shape index (κ3) is 11.3. The number of allylic oxidation sites excluding steroid dienone is 2. The molecular weight excluding hydrogens is 198 g/mol. The molecule has 0 spiro atoms. The fraction of sp³-hybridized carbons (Fsp3) is 0.714. The Morgan fingerprint density at radius 1 is 1.19 bits per heavy atom. The highest BCUT2D eigenvalue weighted by molar-refractivity contribution is 4.87. The minimum absolute atomic E-state index is 0.650. The van der Waals surface area contributed by atoms with Crippen LogP contribution < -0.4 is 5.73 Å². The molecule has 2 nitrogen and oxygen atoms in total. The van der Waals surface area contributed by atoms with Gasteiger partial charge >= 0.3 is 0 Å². The van der Waals surface area contributed by atoms with E-state index in [-0.39, 0.29) is 0 Å². The molecule has 2 heteroatoms. The summed E-state index contributed by atoms with van der Waals surface area (Å²) in [6.45, 7) is 7.43. The van der Waals surface area contributed by atoms with Crippen molar-refractivity contribution in [1.82, 2.24) is 0 Å². The van der Waals surface area contributed by atoms with E-state index >= 15 is 0 Å². The van der Waals surface area contributed by atoms with E-state index in [1.54, 1.807) is 0 Å². The monoisotopic (exact) mass is 225 g/mol. The molecule has 0 saturated carbocycles. The highest BCUT2D eigenvalue weighted by atomic mass is 16.5. The van der Waals surface area contributed by atoms with Gasteiger partial charge in [0.1, 0.15) is 6.61 Å². The van der Waals surface area contributed by atoms with Gasteiger partial charge in [-0.1, -0.05) is 44.9 Å². The van der Waals surface area contributed by atoms with Crippen LogP contribution in [0.2, 0.25) is 0 Å². The average Bonchev–Trinajstić information content (AvgIpc) is 2.30. The molecule has 0 radical (unpaired) electrons. The van der Waals surface area contributed by atoms with Crippen LogP contribution in [0, 0.1) is 0 Å². The first-order chi connectivity index (χ1) is 7.81. The molecule has 0 rings (SSSR count). The Kier molecular flexibility index (Phi) is 11.7. The van der Waals surface area contributed by atoms with Crippen LogP contribution in [0.15, 0.2) is 24.5 Å². The van der Waals surface area contributed by atoms with E-state index in [0.717, 1.165) is 18.6 Å². The van der Waals surface area contributed by atoms with E-state index in [9.17, 15) is 0 Å². The minimum Gasteiger partial charge on any atom is -0.495 e. The van der Waals surface area contributed by atoms with Crippen LogP contribution in [0.5, 0.6) is 0 Å². The molecule has 0 fully saturated rings. The zero-order valence-electron chi connectivity index (χ0n) is 10.7. The second-order valence-electron chi connectivity index (χ2n) is 4.06. The van der Waals surface area contributed by atoms with Gasteiger partial charge in [0.25, 0.3) is 0 Å². The van der Waals surface area contributed by atoms with Gasteiger partial charge in [-0.3, -0.25) is 0 Å². The number of hydrogen-bond donors (Lipinski definition) is 1. The van der Waals surface area contributed by atoms with Crippen molar-refractivity contribution in [2.75, 3.05) is 13.2 Å². The van der Waals surface area contributed by atoms with Crippen LogP contribution >= 0.6 is 0 Å². The van der Waals surface area contributed by atoms with E-state index < -0.39 is 0 Å². The van der Waals surface area contributed by atoms with Crippen molar-refractivity contribution < 1.29 is 4.74 Å². The van der Waals surface area contributed by atoms with Crippen LogP contribution in [-0.4, -0.2) is 13.2 Å². The molecule has 0 aliphatic rings. The smallest absolute Gasteiger partial charge is 0.106 e. The molecule has 0 amide bonds. The summed E-state index contributed by atoms with van der Waals surface area (Å²) in [4.78, 5) is 0. The molecule has 0 aromatic carbocycles. The van der Waals surface area contributed by atoms with Crippen molar-refractivity contribution in [3.8, 4) is 0 Å².